The molecule has 1 atom stereocenters. The van der Waals surface area contributed by atoms with E-state index in [1.165, 1.54) is 0 Å². The second-order valence-electron chi connectivity index (χ2n) is 4.90. The number of rotatable bonds is 4. The molecule has 92 valence electrons. The van der Waals surface area contributed by atoms with Gasteiger partial charge in [-0.05, 0) is 37.8 Å². The van der Waals surface area contributed by atoms with Crippen LogP contribution in [0.4, 0.5) is 0 Å². The van der Waals surface area contributed by atoms with Crippen LogP contribution in [0.5, 0.6) is 0 Å². The summed E-state index contributed by atoms with van der Waals surface area (Å²) in [6, 6.07) is 8.12. The first kappa shape index (κ1) is 12.1. The summed E-state index contributed by atoms with van der Waals surface area (Å²) in [7, 11) is 0. The Bertz CT molecular complexity index is 424. The number of hydrogen-bond donors (Lipinski definition) is 2. The van der Waals surface area contributed by atoms with E-state index in [0.717, 1.165) is 24.0 Å². The Kier molecular flexibility index (Phi) is 3.20. The monoisotopic (exact) mass is 232 g/mol. The molecule has 1 fully saturated rings. The third-order valence-corrected chi connectivity index (χ3v) is 3.49. The zero-order valence-electron chi connectivity index (χ0n) is 10.5. The molecule has 0 aliphatic heterocycles. The van der Waals surface area contributed by atoms with Gasteiger partial charge in [0.15, 0.2) is 0 Å². The molecule has 3 nitrogen and oxygen atoms in total. The first-order chi connectivity index (χ1) is 8.07. The highest BCUT2D eigenvalue weighted by Crippen LogP contribution is 2.43. The summed E-state index contributed by atoms with van der Waals surface area (Å²) in [6.45, 7) is 4.53. The number of carbonyl (C=O) groups is 1. The van der Waals surface area contributed by atoms with Crippen molar-refractivity contribution < 1.29 is 4.79 Å². The molecule has 1 aliphatic carbocycles. The highest BCUT2D eigenvalue weighted by atomic mass is 16.1. The van der Waals surface area contributed by atoms with Gasteiger partial charge in [0, 0.05) is 12.1 Å². The number of amides is 1. The Labute approximate surface area is 102 Å². The molecule has 1 saturated carbocycles. The van der Waals surface area contributed by atoms with Gasteiger partial charge in [-0.15, -0.1) is 0 Å². The quantitative estimate of drug-likeness (QED) is 0.832. The molecule has 3 N–H and O–H groups in total. The molecule has 0 spiro atoms. The van der Waals surface area contributed by atoms with Crippen LogP contribution >= 0.6 is 0 Å². The zero-order chi connectivity index (χ0) is 12.5. The van der Waals surface area contributed by atoms with Gasteiger partial charge in [0.1, 0.15) is 0 Å². The van der Waals surface area contributed by atoms with Gasteiger partial charge in [0.05, 0.1) is 5.92 Å². The normalized spacial score (nSPS) is 18.5. The van der Waals surface area contributed by atoms with Gasteiger partial charge in [-0.1, -0.05) is 24.3 Å². The molecule has 1 aromatic carbocycles. The maximum absolute atomic E-state index is 11.8. The lowest BCUT2D eigenvalue weighted by Crippen LogP contribution is -2.28. The van der Waals surface area contributed by atoms with Crippen molar-refractivity contribution in [3.63, 3.8) is 0 Å². The minimum atomic E-state index is -0.128. The van der Waals surface area contributed by atoms with Crippen molar-refractivity contribution >= 4 is 5.91 Å². The fourth-order valence-corrected chi connectivity index (χ4v) is 2.02. The van der Waals surface area contributed by atoms with Crippen LogP contribution in [0.3, 0.4) is 0 Å². The predicted octanol–water partition coefficient (Wildman–Crippen LogP) is 1.87. The lowest BCUT2D eigenvalue weighted by atomic mass is 9.95. The van der Waals surface area contributed by atoms with E-state index in [4.69, 9.17) is 5.73 Å². The van der Waals surface area contributed by atoms with E-state index in [1.54, 1.807) is 0 Å². The highest BCUT2D eigenvalue weighted by Gasteiger charge is 2.40. The zero-order valence-corrected chi connectivity index (χ0v) is 10.5. The van der Waals surface area contributed by atoms with Gasteiger partial charge in [-0.3, -0.25) is 4.79 Å². The first-order valence-electron chi connectivity index (χ1n) is 6.24. The summed E-state index contributed by atoms with van der Waals surface area (Å²) in [5.41, 5.74) is 8.25. The van der Waals surface area contributed by atoms with E-state index in [0.29, 0.717) is 6.54 Å². The minimum absolute atomic E-state index is 0.0755. The highest BCUT2D eigenvalue weighted by molar-refractivity contribution is 5.83. The Balaban J connectivity index is 2.18. The van der Waals surface area contributed by atoms with E-state index in [2.05, 4.69) is 17.4 Å². The average molecular weight is 232 g/mol. The Morgan fingerprint density at radius 2 is 2.24 bits per heavy atom. The third kappa shape index (κ3) is 2.50. The molecule has 1 amide bonds. The van der Waals surface area contributed by atoms with Crippen molar-refractivity contribution in [2.45, 2.75) is 38.1 Å². The van der Waals surface area contributed by atoms with E-state index in [9.17, 15) is 4.79 Å². The van der Waals surface area contributed by atoms with Gasteiger partial charge in [-0.25, -0.2) is 0 Å². The number of benzene rings is 1. The number of likely N-dealkylation sites (N-methyl/N-ethyl adjacent to an activating group) is 1. The van der Waals surface area contributed by atoms with Crippen LogP contribution in [0.15, 0.2) is 24.3 Å². The average Bonchev–Trinajstić information content (AvgIpc) is 3.08. The molecule has 3 heteroatoms. The van der Waals surface area contributed by atoms with Crippen LogP contribution in [-0.4, -0.2) is 12.5 Å². The van der Waals surface area contributed by atoms with Gasteiger partial charge in [0.25, 0.3) is 0 Å². The molecule has 2 rings (SSSR count). The molecule has 0 aromatic heterocycles. The molecule has 0 saturated heterocycles. The van der Waals surface area contributed by atoms with E-state index >= 15 is 0 Å². The van der Waals surface area contributed by atoms with Crippen molar-refractivity contribution in [2.24, 2.45) is 5.73 Å². The van der Waals surface area contributed by atoms with Crippen LogP contribution in [0, 0.1) is 0 Å². The van der Waals surface area contributed by atoms with Crippen molar-refractivity contribution in [1.29, 1.82) is 0 Å². The van der Waals surface area contributed by atoms with Crippen molar-refractivity contribution in [3.8, 4) is 0 Å². The topological polar surface area (TPSA) is 55.1 Å². The van der Waals surface area contributed by atoms with Crippen molar-refractivity contribution in [2.75, 3.05) is 6.54 Å². The standard InChI is InChI=1S/C14H20N2O/c1-3-16-13(17)10(2)11-5-4-6-12(9-11)14(15)7-8-14/h4-6,9-10H,3,7-8,15H2,1-2H3,(H,16,17). The number of nitrogens with two attached hydrogens (primary N) is 1. The fourth-order valence-electron chi connectivity index (χ4n) is 2.02. The minimum Gasteiger partial charge on any atom is -0.356 e. The van der Waals surface area contributed by atoms with Crippen LogP contribution < -0.4 is 11.1 Å². The summed E-state index contributed by atoms with van der Waals surface area (Å²) in [6.07, 6.45) is 2.10. The Morgan fingerprint density at radius 3 is 2.82 bits per heavy atom. The first-order valence-corrected chi connectivity index (χ1v) is 6.24. The lowest BCUT2D eigenvalue weighted by molar-refractivity contribution is -0.122. The Hall–Kier alpha value is -1.35. The second kappa shape index (κ2) is 4.49. The lowest BCUT2D eigenvalue weighted by Gasteiger charge is -2.15. The largest absolute Gasteiger partial charge is 0.356 e. The maximum atomic E-state index is 11.8. The molecular weight excluding hydrogens is 212 g/mol. The van der Waals surface area contributed by atoms with Crippen LogP contribution in [0.2, 0.25) is 0 Å². The summed E-state index contributed by atoms with van der Waals surface area (Å²) in [4.78, 5) is 11.8. The van der Waals surface area contributed by atoms with Crippen LogP contribution in [0.1, 0.15) is 43.7 Å². The molecule has 0 heterocycles. The molecule has 0 bridgehead atoms. The number of hydrogen-bond acceptors (Lipinski definition) is 2. The summed E-state index contributed by atoms with van der Waals surface area (Å²) < 4.78 is 0. The predicted molar refractivity (Wildman–Crippen MR) is 68.6 cm³/mol. The molecule has 1 aliphatic rings. The number of carbonyl (C=O) groups excluding carboxylic acids is 1. The molecule has 1 unspecified atom stereocenters. The van der Waals surface area contributed by atoms with Gasteiger partial charge >= 0.3 is 0 Å². The summed E-state index contributed by atoms with van der Waals surface area (Å²) in [5, 5.41) is 2.85. The third-order valence-electron chi connectivity index (χ3n) is 3.49. The maximum Gasteiger partial charge on any atom is 0.227 e. The van der Waals surface area contributed by atoms with E-state index in [1.807, 2.05) is 26.0 Å². The van der Waals surface area contributed by atoms with Crippen molar-refractivity contribution in [1.82, 2.24) is 5.32 Å². The van der Waals surface area contributed by atoms with Crippen LogP contribution in [-0.2, 0) is 10.3 Å². The van der Waals surface area contributed by atoms with Crippen LogP contribution in [0.25, 0.3) is 0 Å². The summed E-state index contributed by atoms with van der Waals surface area (Å²) in [5.74, 6) is -0.0382. The molecule has 17 heavy (non-hydrogen) atoms. The van der Waals surface area contributed by atoms with E-state index < -0.39 is 0 Å². The smallest absolute Gasteiger partial charge is 0.227 e. The summed E-state index contributed by atoms with van der Waals surface area (Å²) >= 11 is 0. The molecule has 1 aromatic rings. The van der Waals surface area contributed by atoms with Gasteiger partial charge < -0.3 is 11.1 Å². The van der Waals surface area contributed by atoms with Crippen molar-refractivity contribution in [3.05, 3.63) is 35.4 Å². The number of nitrogens with one attached hydrogen (secondary N) is 1. The Morgan fingerprint density at radius 1 is 1.53 bits per heavy atom. The SMILES string of the molecule is CCNC(=O)C(C)c1cccc(C2(N)CC2)c1. The van der Waals surface area contributed by atoms with E-state index in [-0.39, 0.29) is 17.4 Å². The molecular formula is C14H20N2O. The fraction of sp³-hybridized carbons (Fsp3) is 0.500. The van der Waals surface area contributed by atoms with Gasteiger partial charge in [-0.2, -0.15) is 0 Å². The molecule has 0 radical (unpaired) electrons. The second-order valence-corrected chi connectivity index (χ2v) is 4.90. The van der Waals surface area contributed by atoms with Gasteiger partial charge in [0.2, 0.25) is 5.91 Å².